The van der Waals surface area contributed by atoms with Crippen molar-refractivity contribution in [3.63, 3.8) is 0 Å². The van der Waals surface area contributed by atoms with Crippen LogP contribution in [0.1, 0.15) is 11.1 Å². The lowest BCUT2D eigenvalue weighted by atomic mass is 10.1. The van der Waals surface area contributed by atoms with Gasteiger partial charge in [0, 0.05) is 7.05 Å². The van der Waals surface area contributed by atoms with Crippen LogP contribution in [-0.2, 0) is 4.74 Å². The van der Waals surface area contributed by atoms with Crippen molar-refractivity contribution in [2.24, 2.45) is 0 Å². The predicted molar refractivity (Wildman–Crippen MR) is 61.8 cm³/mol. The number of hydrogen-bond acceptors (Lipinski definition) is 3. The number of alkyl carbamates (subject to hydrolysis) is 1. The third kappa shape index (κ3) is 3.46. The van der Waals surface area contributed by atoms with E-state index in [2.05, 4.69) is 5.32 Å². The molecule has 0 atom stereocenters. The Morgan fingerprint density at radius 1 is 1.25 bits per heavy atom. The van der Waals surface area contributed by atoms with Crippen molar-refractivity contribution in [1.82, 2.24) is 5.32 Å². The largest absolute Gasteiger partial charge is 0.489 e. The van der Waals surface area contributed by atoms with Gasteiger partial charge in [0.2, 0.25) is 0 Å². The van der Waals surface area contributed by atoms with Crippen LogP contribution >= 0.6 is 0 Å². The minimum Gasteiger partial charge on any atom is -0.489 e. The van der Waals surface area contributed by atoms with Crippen LogP contribution in [-0.4, -0.2) is 26.4 Å². The van der Waals surface area contributed by atoms with Crippen molar-refractivity contribution in [3.05, 3.63) is 29.3 Å². The van der Waals surface area contributed by atoms with Gasteiger partial charge < -0.3 is 14.8 Å². The number of carbonyl (C=O) groups is 1. The molecule has 0 unspecified atom stereocenters. The summed E-state index contributed by atoms with van der Waals surface area (Å²) in [6.07, 6.45) is -0.440. The molecule has 1 N–H and O–H groups in total. The summed E-state index contributed by atoms with van der Waals surface area (Å²) < 4.78 is 10.4. The fourth-order valence-corrected chi connectivity index (χ4v) is 1.38. The predicted octanol–water partition coefficient (Wildman–Crippen LogP) is 2.04. The third-order valence-corrected chi connectivity index (χ3v) is 2.18. The molecule has 0 saturated heterocycles. The Labute approximate surface area is 95.6 Å². The number of aryl methyl sites for hydroxylation is 2. The average molecular weight is 223 g/mol. The molecule has 0 fully saturated rings. The highest BCUT2D eigenvalue weighted by Crippen LogP contribution is 2.21. The van der Waals surface area contributed by atoms with E-state index in [1.165, 1.54) is 7.05 Å². The summed E-state index contributed by atoms with van der Waals surface area (Å²) in [5.74, 6) is 0.864. The van der Waals surface area contributed by atoms with E-state index in [1.54, 1.807) is 0 Å². The highest BCUT2D eigenvalue weighted by atomic mass is 16.6. The summed E-state index contributed by atoms with van der Waals surface area (Å²) in [6, 6.07) is 5.96. The Balaban J connectivity index is 2.40. The number of carbonyl (C=O) groups excluding carboxylic acids is 1. The summed E-state index contributed by atoms with van der Waals surface area (Å²) in [4.78, 5) is 10.8. The molecule has 1 amide bonds. The zero-order valence-corrected chi connectivity index (χ0v) is 9.87. The summed E-state index contributed by atoms with van der Waals surface area (Å²) >= 11 is 0. The van der Waals surface area contributed by atoms with Crippen LogP contribution in [0, 0.1) is 13.8 Å². The van der Waals surface area contributed by atoms with Crippen LogP contribution in [0.5, 0.6) is 5.75 Å². The molecule has 1 rings (SSSR count). The van der Waals surface area contributed by atoms with Gasteiger partial charge in [0.1, 0.15) is 19.0 Å². The molecule has 0 aliphatic carbocycles. The lowest BCUT2D eigenvalue weighted by molar-refractivity contribution is 0.126. The summed E-state index contributed by atoms with van der Waals surface area (Å²) in [5.41, 5.74) is 2.17. The topological polar surface area (TPSA) is 47.6 Å². The van der Waals surface area contributed by atoms with Crippen molar-refractivity contribution in [1.29, 1.82) is 0 Å². The molecule has 0 aliphatic heterocycles. The number of amides is 1. The van der Waals surface area contributed by atoms with Crippen molar-refractivity contribution in [3.8, 4) is 5.75 Å². The number of rotatable bonds is 4. The highest BCUT2D eigenvalue weighted by molar-refractivity contribution is 5.66. The molecule has 0 aliphatic rings. The van der Waals surface area contributed by atoms with E-state index < -0.39 is 6.09 Å². The van der Waals surface area contributed by atoms with Crippen molar-refractivity contribution in [2.45, 2.75) is 13.8 Å². The Hall–Kier alpha value is -1.71. The normalized spacial score (nSPS) is 9.69. The van der Waals surface area contributed by atoms with E-state index in [-0.39, 0.29) is 6.61 Å². The minimum absolute atomic E-state index is 0.243. The minimum atomic E-state index is -0.440. The van der Waals surface area contributed by atoms with Gasteiger partial charge in [0.25, 0.3) is 0 Å². The lowest BCUT2D eigenvalue weighted by Gasteiger charge is -2.11. The fraction of sp³-hybridized carbons (Fsp3) is 0.417. The third-order valence-electron chi connectivity index (χ3n) is 2.18. The second kappa shape index (κ2) is 6.00. The van der Waals surface area contributed by atoms with Gasteiger partial charge in [-0.15, -0.1) is 0 Å². The Morgan fingerprint density at radius 2 is 1.88 bits per heavy atom. The van der Waals surface area contributed by atoms with Gasteiger partial charge in [-0.2, -0.15) is 0 Å². The summed E-state index contributed by atoms with van der Waals surface area (Å²) in [6.45, 7) is 4.58. The van der Waals surface area contributed by atoms with Gasteiger partial charge in [0.05, 0.1) is 0 Å². The number of para-hydroxylation sites is 1. The smallest absolute Gasteiger partial charge is 0.406 e. The first-order valence-corrected chi connectivity index (χ1v) is 5.18. The van der Waals surface area contributed by atoms with Crippen LogP contribution in [0.25, 0.3) is 0 Å². The molecule has 4 heteroatoms. The van der Waals surface area contributed by atoms with Crippen molar-refractivity contribution >= 4 is 6.09 Å². The Kier molecular flexibility index (Phi) is 4.64. The maximum absolute atomic E-state index is 10.8. The fourth-order valence-electron chi connectivity index (χ4n) is 1.38. The Bertz CT molecular complexity index is 343. The van der Waals surface area contributed by atoms with Crippen LogP contribution in [0.2, 0.25) is 0 Å². The van der Waals surface area contributed by atoms with E-state index in [0.717, 1.165) is 16.9 Å². The highest BCUT2D eigenvalue weighted by Gasteiger charge is 2.03. The van der Waals surface area contributed by atoms with E-state index in [4.69, 9.17) is 9.47 Å². The Morgan fingerprint density at radius 3 is 2.44 bits per heavy atom. The molecular weight excluding hydrogens is 206 g/mol. The number of ether oxygens (including phenoxy) is 2. The molecule has 0 radical (unpaired) electrons. The first-order chi connectivity index (χ1) is 7.65. The van der Waals surface area contributed by atoms with E-state index in [0.29, 0.717) is 6.61 Å². The van der Waals surface area contributed by atoms with Gasteiger partial charge >= 0.3 is 6.09 Å². The summed E-state index contributed by atoms with van der Waals surface area (Å²) in [5, 5.41) is 2.37. The van der Waals surface area contributed by atoms with Crippen LogP contribution < -0.4 is 10.1 Å². The molecule has 16 heavy (non-hydrogen) atoms. The molecule has 1 aromatic carbocycles. The van der Waals surface area contributed by atoms with E-state index in [9.17, 15) is 4.79 Å². The van der Waals surface area contributed by atoms with Crippen molar-refractivity contribution in [2.75, 3.05) is 20.3 Å². The first-order valence-electron chi connectivity index (χ1n) is 5.18. The molecule has 1 aromatic rings. The van der Waals surface area contributed by atoms with Gasteiger partial charge in [-0.05, 0) is 25.0 Å². The second-order valence-electron chi connectivity index (χ2n) is 3.46. The second-order valence-corrected chi connectivity index (χ2v) is 3.46. The number of hydrogen-bond donors (Lipinski definition) is 1. The zero-order valence-electron chi connectivity index (χ0n) is 9.87. The standard InChI is InChI=1S/C12H17NO3/c1-9-5-4-6-10(2)11(9)15-7-8-16-12(14)13-3/h4-6H,7-8H2,1-3H3,(H,13,14). The summed E-state index contributed by atoms with van der Waals surface area (Å²) in [7, 11) is 1.52. The molecule has 0 aromatic heterocycles. The maximum Gasteiger partial charge on any atom is 0.406 e. The van der Waals surface area contributed by atoms with Crippen LogP contribution in [0.15, 0.2) is 18.2 Å². The van der Waals surface area contributed by atoms with Gasteiger partial charge in [-0.25, -0.2) is 4.79 Å². The molecule has 0 spiro atoms. The van der Waals surface area contributed by atoms with Crippen molar-refractivity contribution < 1.29 is 14.3 Å². The van der Waals surface area contributed by atoms with E-state index in [1.807, 2.05) is 32.0 Å². The molecule has 88 valence electrons. The van der Waals surface area contributed by atoms with Crippen LogP contribution in [0.4, 0.5) is 4.79 Å². The SMILES string of the molecule is CNC(=O)OCCOc1c(C)cccc1C. The molecule has 4 nitrogen and oxygen atoms in total. The van der Waals surface area contributed by atoms with E-state index >= 15 is 0 Å². The zero-order chi connectivity index (χ0) is 12.0. The van der Waals surface area contributed by atoms with Gasteiger partial charge in [0.15, 0.2) is 0 Å². The molecular formula is C12H17NO3. The first kappa shape index (κ1) is 12.4. The average Bonchev–Trinajstić information content (AvgIpc) is 2.27. The van der Waals surface area contributed by atoms with Crippen LogP contribution in [0.3, 0.4) is 0 Å². The number of benzene rings is 1. The monoisotopic (exact) mass is 223 g/mol. The molecule has 0 bridgehead atoms. The lowest BCUT2D eigenvalue weighted by Crippen LogP contribution is -2.22. The number of nitrogens with one attached hydrogen (secondary N) is 1. The van der Waals surface area contributed by atoms with Gasteiger partial charge in [-0.3, -0.25) is 0 Å². The van der Waals surface area contributed by atoms with Gasteiger partial charge in [-0.1, -0.05) is 18.2 Å². The quantitative estimate of drug-likeness (QED) is 0.794. The molecule has 0 saturated carbocycles. The molecule has 0 heterocycles. The maximum atomic E-state index is 10.8.